The maximum atomic E-state index is 12.9. The molecular weight excluding hydrogens is 414 g/mol. The van der Waals surface area contributed by atoms with E-state index in [1.165, 1.54) is 0 Å². The van der Waals surface area contributed by atoms with Gasteiger partial charge in [0, 0.05) is 35.3 Å². The second kappa shape index (κ2) is 10.6. The van der Waals surface area contributed by atoms with Crippen molar-refractivity contribution >= 4 is 27.5 Å². The zero-order chi connectivity index (χ0) is 23.3. The highest BCUT2D eigenvalue weighted by Crippen LogP contribution is 2.27. The van der Waals surface area contributed by atoms with E-state index in [0.717, 1.165) is 0 Å². The number of carbonyl (C=O) groups is 2. The molecule has 0 spiro atoms. The van der Waals surface area contributed by atoms with Gasteiger partial charge in [-0.1, -0.05) is 6.07 Å². The number of hydrogen-bond acceptors (Lipinski definition) is 4. The quantitative estimate of drug-likeness (QED) is 0.629. The molecule has 1 fully saturated rings. The third-order valence-corrected chi connectivity index (χ3v) is 7.68. The van der Waals surface area contributed by atoms with Crippen molar-refractivity contribution in [3.63, 3.8) is 0 Å². The van der Waals surface area contributed by atoms with Gasteiger partial charge in [-0.25, -0.2) is 13.1 Å². The van der Waals surface area contributed by atoms with E-state index in [-0.39, 0.29) is 35.9 Å². The maximum Gasteiger partial charge on any atom is 0.254 e. The molecular formula is C23H37N3O4S. The number of rotatable bonds is 8. The SMILES string of the molecule is CC(C)N(C(=O)c1cccc(NC(=O)[C@H]2CC[C@H](NS(=O)(=O)C(C)C)CC2)c1)C(C)C. The van der Waals surface area contributed by atoms with Crippen LogP contribution in [-0.2, 0) is 14.8 Å². The van der Waals surface area contributed by atoms with Crippen LogP contribution < -0.4 is 10.0 Å². The molecule has 1 saturated carbocycles. The number of amides is 2. The van der Waals surface area contributed by atoms with Crippen LogP contribution in [-0.4, -0.2) is 48.5 Å². The van der Waals surface area contributed by atoms with E-state index in [9.17, 15) is 18.0 Å². The topological polar surface area (TPSA) is 95.6 Å². The zero-order valence-electron chi connectivity index (χ0n) is 19.5. The smallest absolute Gasteiger partial charge is 0.254 e. The molecule has 2 amide bonds. The summed E-state index contributed by atoms with van der Waals surface area (Å²) in [6.07, 6.45) is 2.54. The van der Waals surface area contributed by atoms with Crippen LogP contribution in [0.5, 0.6) is 0 Å². The van der Waals surface area contributed by atoms with Crippen molar-refractivity contribution in [2.45, 2.75) is 90.6 Å². The van der Waals surface area contributed by atoms with E-state index in [1.807, 2.05) is 32.6 Å². The molecule has 0 heterocycles. The Kier molecular flexibility index (Phi) is 8.65. The first-order valence-corrected chi connectivity index (χ1v) is 12.7. The van der Waals surface area contributed by atoms with Gasteiger partial charge < -0.3 is 10.2 Å². The standard InChI is InChI=1S/C23H37N3O4S/c1-15(2)26(16(3)4)23(28)19-8-7-9-21(14-19)24-22(27)18-10-12-20(13-11-18)25-31(29,30)17(5)6/h7-9,14-18,20,25H,10-13H2,1-6H3,(H,24,27)/t18-,20-. The molecule has 8 heteroatoms. The number of benzene rings is 1. The van der Waals surface area contributed by atoms with Crippen LogP contribution in [0.2, 0.25) is 0 Å². The lowest BCUT2D eigenvalue weighted by atomic mass is 9.86. The highest BCUT2D eigenvalue weighted by Gasteiger charge is 2.29. The van der Waals surface area contributed by atoms with E-state index in [1.54, 1.807) is 38.1 Å². The van der Waals surface area contributed by atoms with E-state index in [2.05, 4.69) is 10.0 Å². The van der Waals surface area contributed by atoms with E-state index in [4.69, 9.17) is 0 Å². The van der Waals surface area contributed by atoms with Gasteiger partial charge in [0.15, 0.2) is 0 Å². The minimum absolute atomic E-state index is 0.0564. The highest BCUT2D eigenvalue weighted by molar-refractivity contribution is 7.90. The Labute approximate surface area is 187 Å². The molecule has 1 aliphatic rings. The van der Waals surface area contributed by atoms with Crippen LogP contribution in [0.15, 0.2) is 24.3 Å². The molecule has 0 aliphatic heterocycles. The molecule has 0 atom stereocenters. The summed E-state index contributed by atoms with van der Waals surface area (Å²) >= 11 is 0. The van der Waals surface area contributed by atoms with Gasteiger partial charge in [-0.05, 0) is 85.4 Å². The lowest BCUT2D eigenvalue weighted by Crippen LogP contribution is -2.42. The molecule has 0 aromatic heterocycles. The van der Waals surface area contributed by atoms with E-state index < -0.39 is 15.3 Å². The van der Waals surface area contributed by atoms with Crippen molar-refractivity contribution in [2.24, 2.45) is 5.92 Å². The minimum atomic E-state index is -3.30. The number of anilines is 1. The largest absolute Gasteiger partial charge is 0.334 e. The van der Waals surface area contributed by atoms with Crippen molar-refractivity contribution in [1.82, 2.24) is 9.62 Å². The molecule has 174 valence electrons. The first-order valence-electron chi connectivity index (χ1n) is 11.2. The lowest BCUT2D eigenvalue weighted by molar-refractivity contribution is -0.120. The first kappa shape index (κ1) is 25.3. The fourth-order valence-corrected chi connectivity index (χ4v) is 5.00. The predicted molar refractivity (Wildman–Crippen MR) is 124 cm³/mol. The van der Waals surface area contributed by atoms with Crippen molar-refractivity contribution in [1.29, 1.82) is 0 Å². The predicted octanol–water partition coefficient (Wildman–Crippen LogP) is 3.77. The van der Waals surface area contributed by atoms with Gasteiger partial charge in [0.25, 0.3) is 5.91 Å². The van der Waals surface area contributed by atoms with Crippen LogP contribution in [0, 0.1) is 5.92 Å². The van der Waals surface area contributed by atoms with Gasteiger partial charge in [0.1, 0.15) is 0 Å². The molecule has 0 radical (unpaired) electrons. The highest BCUT2D eigenvalue weighted by atomic mass is 32.2. The summed E-state index contributed by atoms with van der Waals surface area (Å²) in [7, 11) is -3.30. The van der Waals surface area contributed by atoms with Crippen molar-refractivity contribution in [3.8, 4) is 0 Å². The fraction of sp³-hybridized carbons (Fsp3) is 0.652. The minimum Gasteiger partial charge on any atom is -0.334 e. The Morgan fingerprint density at radius 3 is 2.06 bits per heavy atom. The monoisotopic (exact) mass is 451 g/mol. The van der Waals surface area contributed by atoms with Crippen molar-refractivity contribution in [2.75, 3.05) is 5.32 Å². The normalized spacial score (nSPS) is 19.6. The van der Waals surface area contributed by atoms with Crippen LogP contribution in [0.25, 0.3) is 0 Å². The number of hydrogen-bond donors (Lipinski definition) is 2. The van der Waals surface area contributed by atoms with Crippen molar-refractivity contribution < 1.29 is 18.0 Å². The maximum absolute atomic E-state index is 12.9. The summed E-state index contributed by atoms with van der Waals surface area (Å²) < 4.78 is 26.9. The molecule has 0 bridgehead atoms. The van der Waals surface area contributed by atoms with Gasteiger partial charge in [-0.3, -0.25) is 9.59 Å². The first-order chi connectivity index (χ1) is 14.4. The average Bonchev–Trinajstić information content (AvgIpc) is 2.67. The second-order valence-electron chi connectivity index (χ2n) is 9.23. The van der Waals surface area contributed by atoms with Gasteiger partial charge in [0.05, 0.1) is 5.25 Å². The molecule has 2 rings (SSSR count). The van der Waals surface area contributed by atoms with E-state index >= 15 is 0 Å². The summed E-state index contributed by atoms with van der Waals surface area (Å²) in [5.41, 5.74) is 1.15. The Morgan fingerprint density at radius 2 is 1.55 bits per heavy atom. The summed E-state index contributed by atoms with van der Waals surface area (Å²) in [6.45, 7) is 11.3. The molecule has 7 nitrogen and oxygen atoms in total. The summed E-state index contributed by atoms with van der Waals surface area (Å²) in [5.74, 6) is -0.305. The second-order valence-corrected chi connectivity index (χ2v) is 11.5. The van der Waals surface area contributed by atoms with Crippen LogP contribution in [0.4, 0.5) is 5.69 Å². The summed E-state index contributed by atoms with van der Waals surface area (Å²) in [5, 5.41) is 2.47. The van der Waals surface area contributed by atoms with Gasteiger partial charge in [-0.2, -0.15) is 0 Å². The van der Waals surface area contributed by atoms with Crippen molar-refractivity contribution in [3.05, 3.63) is 29.8 Å². The van der Waals surface area contributed by atoms with Crippen LogP contribution in [0.1, 0.15) is 77.6 Å². The Bertz CT molecular complexity index is 865. The summed E-state index contributed by atoms with van der Waals surface area (Å²) in [4.78, 5) is 27.5. The number of nitrogens with zero attached hydrogens (tertiary/aromatic N) is 1. The average molecular weight is 452 g/mol. The van der Waals surface area contributed by atoms with Crippen LogP contribution >= 0.6 is 0 Å². The van der Waals surface area contributed by atoms with Gasteiger partial charge in [-0.15, -0.1) is 0 Å². The Balaban J connectivity index is 1.98. The molecule has 31 heavy (non-hydrogen) atoms. The zero-order valence-corrected chi connectivity index (χ0v) is 20.3. The Morgan fingerprint density at radius 1 is 0.968 bits per heavy atom. The number of nitrogens with one attached hydrogen (secondary N) is 2. The number of carbonyl (C=O) groups excluding carboxylic acids is 2. The lowest BCUT2D eigenvalue weighted by Gasteiger charge is -2.31. The molecule has 1 aromatic carbocycles. The molecule has 0 saturated heterocycles. The van der Waals surface area contributed by atoms with Gasteiger partial charge in [0.2, 0.25) is 15.9 Å². The molecule has 0 unspecified atom stereocenters. The fourth-order valence-electron chi connectivity index (χ4n) is 4.03. The summed E-state index contributed by atoms with van der Waals surface area (Å²) in [6, 6.07) is 7.09. The number of sulfonamides is 1. The third-order valence-electron chi connectivity index (χ3n) is 5.77. The molecule has 1 aliphatic carbocycles. The van der Waals surface area contributed by atoms with E-state index in [0.29, 0.717) is 36.9 Å². The Hall–Kier alpha value is -1.93. The molecule has 2 N–H and O–H groups in total. The van der Waals surface area contributed by atoms with Gasteiger partial charge >= 0.3 is 0 Å². The van der Waals surface area contributed by atoms with Crippen LogP contribution in [0.3, 0.4) is 0 Å². The third kappa shape index (κ3) is 6.77. The molecule has 1 aromatic rings.